The number of methoxy groups -OCH3 is 1. The lowest BCUT2D eigenvalue weighted by molar-refractivity contribution is -0.119. The SMILES string of the molecule is COC(=O)c1ccc(C(=O)OCC(=O)Nc2cccc3ccccc23)cc1. The fourth-order valence-corrected chi connectivity index (χ4v) is 2.60. The Labute approximate surface area is 155 Å². The minimum Gasteiger partial charge on any atom is -0.465 e. The van der Waals surface area contributed by atoms with Crippen LogP contribution in [-0.2, 0) is 14.3 Å². The van der Waals surface area contributed by atoms with E-state index in [1.807, 2.05) is 36.4 Å². The van der Waals surface area contributed by atoms with Crippen LogP contribution in [0.4, 0.5) is 5.69 Å². The average Bonchev–Trinajstić information content (AvgIpc) is 2.72. The number of ether oxygens (including phenoxy) is 2. The maximum absolute atomic E-state index is 12.1. The maximum atomic E-state index is 12.1. The highest BCUT2D eigenvalue weighted by atomic mass is 16.5. The zero-order valence-corrected chi connectivity index (χ0v) is 14.6. The molecule has 0 radical (unpaired) electrons. The molecule has 6 nitrogen and oxygen atoms in total. The molecule has 0 heterocycles. The van der Waals surface area contributed by atoms with E-state index in [9.17, 15) is 14.4 Å². The van der Waals surface area contributed by atoms with Gasteiger partial charge in [-0.3, -0.25) is 4.79 Å². The maximum Gasteiger partial charge on any atom is 0.338 e. The Kier molecular flexibility index (Phi) is 5.47. The monoisotopic (exact) mass is 363 g/mol. The van der Waals surface area contributed by atoms with Crippen LogP contribution in [0.15, 0.2) is 66.7 Å². The van der Waals surface area contributed by atoms with Gasteiger partial charge in [-0.25, -0.2) is 9.59 Å². The third-order valence-electron chi connectivity index (χ3n) is 3.94. The van der Waals surface area contributed by atoms with Crippen molar-refractivity contribution >= 4 is 34.3 Å². The number of carbonyl (C=O) groups excluding carboxylic acids is 3. The van der Waals surface area contributed by atoms with Crippen LogP contribution in [0.1, 0.15) is 20.7 Å². The van der Waals surface area contributed by atoms with Gasteiger partial charge in [0.05, 0.1) is 18.2 Å². The summed E-state index contributed by atoms with van der Waals surface area (Å²) in [6, 6.07) is 19.0. The topological polar surface area (TPSA) is 81.7 Å². The van der Waals surface area contributed by atoms with Crippen LogP contribution < -0.4 is 5.32 Å². The molecule has 27 heavy (non-hydrogen) atoms. The zero-order chi connectivity index (χ0) is 19.2. The number of carbonyl (C=O) groups is 3. The molecule has 3 aromatic carbocycles. The van der Waals surface area contributed by atoms with Gasteiger partial charge in [0.25, 0.3) is 5.91 Å². The van der Waals surface area contributed by atoms with Crippen molar-refractivity contribution in [3.8, 4) is 0 Å². The molecule has 0 aromatic heterocycles. The van der Waals surface area contributed by atoms with E-state index in [1.54, 1.807) is 6.07 Å². The predicted octanol–water partition coefficient (Wildman–Crippen LogP) is 3.42. The molecule has 1 N–H and O–H groups in total. The van der Waals surface area contributed by atoms with E-state index in [0.29, 0.717) is 11.3 Å². The number of rotatable bonds is 5. The first-order chi connectivity index (χ1) is 13.1. The molecule has 0 saturated carbocycles. The Morgan fingerprint density at radius 2 is 1.44 bits per heavy atom. The van der Waals surface area contributed by atoms with Crippen molar-refractivity contribution in [3.63, 3.8) is 0 Å². The van der Waals surface area contributed by atoms with Gasteiger partial charge in [0, 0.05) is 11.1 Å². The van der Waals surface area contributed by atoms with Crippen LogP contribution in [0.2, 0.25) is 0 Å². The molecule has 3 aromatic rings. The van der Waals surface area contributed by atoms with E-state index >= 15 is 0 Å². The number of fused-ring (bicyclic) bond motifs is 1. The van der Waals surface area contributed by atoms with Crippen molar-refractivity contribution in [3.05, 3.63) is 77.9 Å². The third kappa shape index (κ3) is 4.30. The lowest BCUT2D eigenvalue weighted by Crippen LogP contribution is -2.21. The second-order valence-electron chi connectivity index (χ2n) is 5.72. The van der Waals surface area contributed by atoms with Gasteiger partial charge in [-0.1, -0.05) is 36.4 Å². The molecule has 0 unspecified atom stereocenters. The fourth-order valence-electron chi connectivity index (χ4n) is 2.60. The van der Waals surface area contributed by atoms with Crippen molar-refractivity contribution < 1.29 is 23.9 Å². The van der Waals surface area contributed by atoms with Gasteiger partial charge in [-0.15, -0.1) is 0 Å². The van der Waals surface area contributed by atoms with Crippen molar-refractivity contribution in [2.24, 2.45) is 0 Å². The lowest BCUT2D eigenvalue weighted by Gasteiger charge is -2.09. The summed E-state index contributed by atoms with van der Waals surface area (Å²) in [5.74, 6) is -1.59. The highest BCUT2D eigenvalue weighted by Gasteiger charge is 2.13. The summed E-state index contributed by atoms with van der Waals surface area (Å²) in [6.45, 7) is -0.416. The van der Waals surface area contributed by atoms with Crippen LogP contribution in [0.25, 0.3) is 10.8 Å². The summed E-state index contributed by atoms with van der Waals surface area (Å²) in [5, 5.41) is 4.65. The van der Waals surface area contributed by atoms with E-state index in [-0.39, 0.29) is 5.56 Å². The molecule has 0 saturated heterocycles. The van der Waals surface area contributed by atoms with Gasteiger partial charge in [-0.2, -0.15) is 0 Å². The van der Waals surface area contributed by atoms with Gasteiger partial charge in [0.2, 0.25) is 0 Å². The van der Waals surface area contributed by atoms with Crippen molar-refractivity contribution in [1.29, 1.82) is 0 Å². The molecule has 6 heteroatoms. The first kappa shape index (κ1) is 18.1. The van der Waals surface area contributed by atoms with E-state index in [1.165, 1.54) is 31.4 Å². The molecule has 0 atom stereocenters. The standard InChI is InChI=1S/C21H17NO5/c1-26-20(24)15-9-11-16(12-10-15)21(25)27-13-19(23)22-18-8-4-6-14-5-2-3-7-17(14)18/h2-12H,13H2,1H3,(H,22,23). The average molecular weight is 363 g/mol. The Morgan fingerprint density at radius 1 is 0.815 bits per heavy atom. The van der Waals surface area contributed by atoms with Crippen LogP contribution in [0.3, 0.4) is 0 Å². The molecule has 136 valence electrons. The highest BCUT2D eigenvalue weighted by Crippen LogP contribution is 2.22. The zero-order valence-electron chi connectivity index (χ0n) is 14.6. The van der Waals surface area contributed by atoms with Gasteiger partial charge < -0.3 is 14.8 Å². The normalized spacial score (nSPS) is 10.3. The molecule has 0 spiro atoms. The van der Waals surface area contributed by atoms with Crippen LogP contribution in [0, 0.1) is 0 Å². The van der Waals surface area contributed by atoms with E-state index in [2.05, 4.69) is 10.1 Å². The largest absolute Gasteiger partial charge is 0.465 e. The summed E-state index contributed by atoms with van der Waals surface area (Å²) in [7, 11) is 1.28. The molecular formula is C21H17NO5. The van der Waals surface area contributed by atoms with Gasteiger partial charge in [0.1, 0.15) is 0 Å². The van der Waals surface area contributed by atoms with Crippen molar-refractivity contribution in [2.75, 3.05) is 19.0 Å². The minimum atomic E-state index is -0.653. The molecule has 3 rings (SSSR count). The number of nitrogens with one attached hydrogen (secondary N) is 1. The summed E-state index contributed by atoms with van der Waals surface area (Å²) < 4.78 is 9.63. The number of esters is 2. The number of benzene rings is 3. The smallest absolute Gasteiger partial charge is 0.338 e. The Morgan fingerprint density at radius 3 is 2.15 bits per heavy atom. The Bertz CT molecular complexity index is 990. The molecule has 0 fully saturated rings. The summed E-state index contributed by atoms with van der Waals surface area (Å²) >= 11 is 0. The fraction of sp³-hybridized carbons (Fsp3) is 0.0952. The molecule has 1 amide bonds. The second kappa shape index (κ2) is 8.14. The number of anilines is 1. The highest BCUT2D eigenvalue weighted by molar-refractivity contribution is 6.03. The van der Waals surface area contributed by atoms with Gasteiger partial charge >= 0.3 is 11.9 Å². The summed E-state index contributed by atoms with van der Waals surface area (Å²) in [6.07, 6.45) is 0. The molecule has 0 aliphatic heterocycles. The molecule has 0 bridgehead atoms. The third-order valence-corrected chi connectivity index (χ3v) is 3.94. The molecule has 0 aliphatic carbocycles. The number of amides is 1. The first-order valence-corrected chi connectivity index (χ1v) is 8.21. The summed E-state index contributed by atoms with van der Waals surface area (Å²) in [4.78, 5) is 35.6. The van der Waals surface area contributed by atoms with Gasteiger partial charge in [0.15, 0.2) is 6.61 Å². The Hall–Kier alpha value is -3.67. The molecule has 0 aliphatic rings. The van der Waals surface area contributed by atoms with Crippen LogP contribution >= 0.6 is 0 Å². The second-order valence-corrected chi connectivity index (χ2v) is 5.72. The van der Waals surface area contributed by atoms with Crippen LogP contribution in [0.5, 0.6) is 0 Å². The minimum absolute atomic E-state index is 0.237. The quantitative estimate of drug-likeness (QED) is 0.703. The first-order valence-electron chi connectivity index (χ1n) is 8.21. The van der Waals surface area contributed by atoms with E-state index in [0.717, 1.165) is 10.8 Å². The molecular weight excluding hydrogens is 346 g/mol. The number of hydrogen-bond donors (Lipinski definition) is 1. The number of hydrogen-bond acceptors (Lipinski definition) is 5. The summed E-state index contributed by atoms with van der Waals surface area (Å²) in [5.41, 5.74) is 1.21. The predicted molar refractivity (Wildman–Crippen MR) is 101 cm³/mol. The van der Waals surface area contributed by atoms with Crippen molar-refractivity contribution in [1.82, 2.24) is 0 Å². The lowest BCUT2D eigenvalue weighted by atomic mass is 10.1. The van der Waals surface area contributed by atoms with E-state index in [4.69, 9.17) is 4.74 Å². The van der Waals surface area contributed by atoms with E-state index < -0.39 is 24.5 Å². The van der Waals surface area contributed by atoms with Gasteiger partial charge in [-0.05, 0) is 35.7 Å². The van der Waals surface area contributed by atoms with Crippen molar-refractivity contribution in [2.45, 2.75) is 0 Å². The van der Waals surface area contributed by atoms with Crippen LogP contribution in [-0.4, -0.2) is 31.6 Å². The Balaban J connectivity index is 1.60.